The molecular formula is C5H5NO4. The van der Waals surface area contributed by atoms with Crippen LogP contribution in [0.25, 0.3) is 0 Å². The number of hydrogen-bond donors (Lipinski definition) is 2. The Morgan fingerprint density at radius 3 is 2.30 bits per heavy atom. The predicted octanol–water partition coefficient (Wildman–Crippen LogP) is -0.516. The highest BCUT2D eigenvalue weighted by Gasteiger charge is 2.04. The number of carbonyl (C=O) groups is 1. The van der Waals surface area contributed by atoms with Crippen LogP contribution in [0.4, 0.5) is 0 Å². The number of hydrogen-bond acceptors (Lipinski definition) is 4. The minimum absolute atomic E-state index is 0.0967. The van der Waals surface area contributed by atoms with Gasteiger partial charge in [0.15, 0.2) is 0 Å². The van der Waals surface area contributed by atoms with E-state index in [1.807, 2.05) is 0 Å². The Kier molecular flexibility index (Phi) is 1.49. The molecule has 0 aromatic carbocycles. The summed E-state index contributed by atoms with van der Waals surface area (Å²) in [6, 6.07) is 2.39. The van der Waals surface area contributed by atoms with Crippen molar-refractivity contribution in [2.24, 2.45) is 0 Å². The molecule has 0 saturated carbocycles. The maximum absolute atomic E-state index is 9.71. The molecule has 54 valence electrons. The van der Waals surface area contributed by atoms with Crippen molar-refractivity contribution in [1.82, 2.24) is 4.73 Å². The van der Waals surface area contributed by atoms with Crippen LogP contribution in [0.15, 0.2) is 12.1 Å². The van der Waals surface area contributed by atoms with Crippen LogP contribution in [-0.2, 0) is 4.79 Å². The number of rotatable bonds is 2. The number of aromatic hydroxyl groups is 2. The number of nitrogens with zero attached hydrogens (tertiary/aromatic N) is 1. The van der Waals surface area contributed by atoms with Gasteiger partial charge in [-0.15, -0.1) is 4.73 Å². The van der Waals surface area contributed by atoms with Crippen LogP contribution in [0.1, 0.15) is 0 Å². The molecule has 10 heavy (non-hydrogen) atoms. The van der Waals surface area contributed by atoms with Gasteiger partial charge >= 0.3 is 6.47 Å². The molecule has 0 fully saturated rings. The van der Waals surface area contributed by atoms with Gasteiger partial charge in [-0.3, -0.25) is 4.79 Å². The molecule has 0 aliphatic carbocycles. The van der Waals surface area contributed by atoms with Crippen molar-refractivity contribution in [3.05, 3.63) is 12.1 Å². The highest BCUT2D eigenvalue weighted by molar-refractivity contribution is 5.39. The van der Waals surface area contributed by atoms with Crippen molar-refractivity contribution in [1.29, 1.82) is 0 Å². The molecule has 0 radical (unpaired) electrons. The third-order valence-corrected chi connectivity index (χ3v) is 0.946. The monoisotopic (exact) mass is 143 g/mol. The second-order valence-electron chi connectivity index (χ2n) is 1.55. The smallest absolute Gasteiger partial charge is 0.321 e. The number of aromatic nitrogens is 1. The second-order valence-corrected chi connectivity index (χ2v) is 1.55. The van der Waals surface area contributed by atoms with Gasteiger partial charge in [0.1, 0.15) is 0 Å². The third-order valence-electron chi connectivity index (χ3n) is 0.946. The van der Waals surface area contributed by atoms with Gasteiger partial charge < -0.3 is 15.1 Å². The van der Waals surface area contributed by atoms with Crippen LogP contribution in [0, 0.1) is 0 Å². The second kappa shape index (κ2) is 2.30. The van der Waals surface area contributed by atoms with Crippen molar-refractivity contribution in [3.8, 4) is 11.8 Å². The van der Waals surface area contributed by atoms with Gasteiger partial charge in [-0.05, 0) is 0 Å². The Bertz CT molecular complexity index is 222. The van der Waals surface area contributed by atoms with Gasteiger partial charge in [-0.2, -0.15) is 0 Å². The lowest BCUT2D eigenvalue weighted by molar-refractivity contribution is -0.130. The zero-order valence-electron chi connectivity index (χ0n) is 4.89. The fourth-order valence-corrected chi connectivity index (χ4v) is 0.553. The zero-order valence-corrected chi connectivity index (χ0v) is 4.89. The van der Waals surface area contributed by atoms with E-state index >= 15 is 0 Å². The Morgan fingerprint density at radius 1 is 1.40 bits per heavy atom. The van der Waals surface area contributed by atoms with Crippen molar-refractivity contribution < 1.29 is 19.8 Å². The molecule has 5 heteroatoms. The SMILES string of the molecule is O=COn1c(O)ccc1O. The van der Waals surface area contributed by atoms with E-state index in [4.69, 9.17) is 10.2 Å². The minimum Gasteiger partial charge on any atom is -0.492 e. The fraction of sp³-hybridized carbons (Fsp3) is 0. The highest BCUT2D eigenvalue weighted by Crippen LogP contribution is 2.17. The van der Waals surface area contributed by atoms with Crippen molar-refractivity contribution in [2.45, 2.75) is 0 Å². The maximum Gasteiger partial charge on any atom is 0.321 e. The van der Waals surface area contributed by atoms with E-state index in [0.717, 1.165) is 0 Å². The molecule has 0 atom stereocenters. The van der Waals surface area contributed by atoms with Crippen molar-refractivity contribution in [2.75, 3.05) is 0 Å². The van der Waals surface area contributed by atoms with Gasteiger partial charge in [0.05, 0.1) is 0 Å². The molecule has 0 saturated heterocycles. The molecule has 0 aliphatic rings. The molecule has 0 spiro atoms. The Hall–Kier alpha value is -1.65. The first kappa shape index (κ1) is 6.47. The van der Waals surface area contributed by atoms with Crippen molar-refractivity contribution >= 4 is 6.47 Å². The van der Waals surface area contributed by atoms with E-state index in [9.17, 15) is 4.79 Å². The van der Waals surface area contributed by atoms with E-state index in [0.29, 0.717) is 4.73 Å². The molecule has 1 aromatic heterocycles. The summed E-state index contributed by atoms with van der Waals surface area (Å²) in [7, 11) is 0. The van der Waals surface area contributed by atoms with E-state index in [1.165, 1.54) is 12.1 Å². The quantitative estimate of drug-likeness (QED) is 0.546. The lowest BCUT2D eigenvalue weighted by Gasteiger charge is -1.99. The Labute approximate surface area is 56.0 Å². The molecule has 0 bridgehead atoms. The van der Waals surface area contributed by atoms with Crippen LogP contribution in [0.2, 0.25) is 0 Å². The van der Waals surface area contributed by atoms with Gasteiger partial charge in [0, 0.05) is 12.1 Å². The normalized spacial score (nSPS) is 9.20. The predicted molar refractivity (Wildman–Crippen MR) is 30.4 cm³/mol. The van der Waals surface area contributed by atoms with Crippen LogP contribution in [-0.4, -0.2) is 21.4 Å². The van der Waals surface area contributed by atoms with Crippen LogP contribution in [0.3, 0.4) is 0 Å². The summed E-state index contributed by atoms with van der Waals surface area (Å²) in [4.78, 5) is 13.9. The summed E-state index contributed by atoms with van der Waals surface area (Å²) in [6.45, 7) is 0.0967. The molecule has 1 aromatic rings. The molecule has 1 rings (SSSR count). The fourth-order valence-electron chi connectivity index (χ4n) is 0.553. The standard InChI is InChI=1S/C5H5NO4/c7-3-10-6-4(8)1-2-5(6)9/h1-3,8-9H. The van der Waals surface area contributed by atoms with Gasteiger partial charge in [0.25, 0.3) is 0 Å². The van der Waals surface area contributed by atoms with Crippen LogP contribution < -0.4 is 4.84 Å². The Balaban J connectivity index is 2.97. The van der Waals surface area contributed by atoms with E-state index in [1.54, 1.807) is 0 Å². The molecule has 0 aliphatic heterocycles. The summed E-state index contributed by atoms with van der Waals surface area (Å²) < 4.78 is 0.590. The molecule has 0 amide bonds. The summed E-state index contributed by atoms with van der Waals surface area (Å²) in [6.07, 6.45) is 0. The maximum atomic E-state index is 9.71. The first-order chi connectivity index (χ1) is 4.75. The average Bonchev–Trinajstić information content (AvgIpc) is 2.20. The molecule has 1 heterocycles. The van der Waals surface area contributed by atoms with Crippen molar-refractivity contribution in [3.63, 3.8) is 0 Å². The average molecular weight is 143 g/mol. The number of carbonyl (C=O) groups excluding carboxylic acids is 1. The molecule has 0 unspecified atom stereocenters. The largest absolute Gasteiger partial charge is 0.492 e. The minimum atomic E-state index is -0.329. The summed E-state index contributed by atoms with van der Waals surface area (Å²) in [5.74, 6) is -0.658. The summed E-state index contributed by atoms with van der Waals surface area (Å²) in [5.41, 5.74) is 0. The molecular weight excluding hydrogens is 138 g/mol. The topological polar surface area (TPSA) is 71.7 Å². The van der Waals surface area contributed by atoms with E-state index in [-0.39, 0.29) is 18.2 Å². The highest BCUT2D eigenvalue weighted by atomic mass is 16.7. The molecule has 5 nitrogen and oxygen atoms in total. The van der Waals surface area contributed by atoms with Crippen LogP contribution in [0.5, 0.6) is 11.8 Å². The van der Waals surface area contributed by atoms with Crippen LogP contribution >= 0.6 is 0 Å². The summed E-state index contributed by atoms with van der Waals surface area (Å²) >= 11 is 0. The van der Waals surface area contributed by atoms with Gasteiger partial charge in [-0.1, -0.05) is 0 Å². The van der Waals surface area contributed by atoms with E-state index in [2.05, 4.69) is 4.84 Å². The van der Waals surface area contributed by atoms with Gasteiger partial charge in [-0.25, -0.2) is 0 Å². The van der Waals surface area contributed by atoms with E-state index < -0.39 is 0 Å². The summed E-state index contributed by atoms with van der Waals surface area (Å²) in [5, 5.41) is 17.6. The third kappa shape index (κ3) is 0.883. The van der Waals surface area contributed by atoms with Gasteiger partial charge in [0.2, 0.25) is 11.8 Å². The lowest BCUT2D eigenvalue weighted by atomic mass is 10.6. The molecule has 2 N–H and O–H groups in total. The zero-order chi connectivity index (χ0) is 7.56. The Morgan fingerprint density at radius 2 is 1.90 bits per heavy atom. The first-order valence-electron chi connectivity index (χ1n) is 2.46. The first-order valence-corrected chi connectivity index (χ1v) is 2.46. The lowest BCUT2D eigenvalue weighted by Crippen LogP contribution is -2.06.